The van der Waals surface area contributed by atoms with Gasteiger partial charge in [-0.15, -0.1) is 0 Å². The number of nitrogens with zero attached hydrogens (tertiary/aromatic N) is 2. The van der Waals surface area contributed by atoms with Gasteiger partial charge in [0.2, 0.25) is 0 Å². The molecule has 3 aromatic rings. The lowest BCUT2D eigenvalue weighted by molar-refractivity contribution is 0.101. The van der Waals surface area contributed by atoms with Gasteiger partial charge in [0.05, 0.1) is 24.1 Å². The van der Waals surface area contributed by atoms with E-state index in [1.807, 2.05) is 35.0 Å². The van der Waals surface area contributed by atoms with Crippen molar-refractivity contribution < 1.29 is 13.9 Å². The van der Waals surface area contributed by atoms with Crippen molar-refractivity contribution in [2.75, 3.05) is 12.9 Å². The summed E-state index contributed by atoms with van der Waals surface area (Å²) in [7, 11) is 1.61. The van der Waals surface area contributed by atoms with Crippen LogP contribution in [0.1, 0.15) is 10.4 Å². The van der Waals surface area contributed by atoms with Crippen molar-refractivity contribution in [1.82, 2.24) is 9.55 Å². The third-order valence-electron chi connectivity index (χ3n) is 3.44. The zero-order chi connectivity index (χ0) is 16.9. The van der Waals surface area contributed by atoms with Gasteiger partial charge in [0, 0.05) is 18.5 Å². The highest BCUT2D eigenvalue weighted by Gasteiger charge is 2.14. The average Bonchev–Trinajstić information content (AvgIpc) is 3.08. The first-order valence-corrected chi connectivity index (χ1v) is 8.26. The Morgan fingerprint density at radius 3 is 2.88 bits per heavy atom. The first-order chi connectivity index (χ1) is 11.7. The topological polar surface area (TPSA) is 44.1 Å². The van der Waals surface area contributed by atoms with Crippen molar-refractivity contribution in [2.24, 2.45) is 0 Å². The van der Waals surface area contributed by atoms with Crippen molar-refractivity contribution in [3.8, 4) is 11.4 Å². The highest BCUT2D eigenvalue weighted by atomic mass is 32.2. The maximum Gasteiger partial charge on any atom is 0.176 e. The van der Waals surface area contributed by atoms with Crippen LogP contribution in [-0.4, -0.2) is 28.2 Å². The Hall–Kier alpha value is -2.60. The Labute approximate surface area is 143 Å². The standard InChI is InChI=1S/C18H15FN2O2S/c1-23-14-6-4-5-13(11-14)21-10-9-20-18(21)24-12-17(22)15-7-2-3-8-16(15)19/h2-11H,12H2,1H3. The molecule has 0 N–H and O–H groups in total. The molecule has 0 saturated carbocycles. The van der Waals surface area contributed by atoms with Crippen molar-refractivity contribution in [3.05, 3.63) is 72.3 Å². The van der Waals surface area contributed by atoms with Gasteiger partial charge in [0.1, 0.15) is 11.6 Å². The number of hydrogen-bond acceptors (Lipinski definition) is 4. The first-order valence-electron chi connectivity index (χ1n) is 7.27. The lowest BCUT2D eigenvalue weighted by Crippen LogP contribution is -2.06. The average molecular weight is 342 g/mol. The van der Waals surface area contributed by atoms with Gasteiger partial charge in [-0.2, -0.15) is 0 Å². The van der Waals surface area contributed by atoms with Crippen molar-refractivity contribution >= 4 is 17.5 Å². The van der Waals surface area contributed by atoms with E-state index in [0.29, 0.717) is 5.16 Å². The van der Waals surface area contributed by atoms with E-state index in [9.17, 15) is 9.18 Å². The molecule has 0 fully saturated rings. The number of thioether (sulfide) groups is 1. The van der Waals surface area contributed by atoms with Gasteiger partial charge in [-0.1, -0.05) is 30.0 Å². The van der Waals surface area contributed by atoms with E-state index in [2.05, 4.69) is 4.98 Å². The predicted molar refractivity (Wildman–Crippen MR) is 91.6 cm³/mol. The van der Waals surface area contributed by atoms with Crippen molar-refractivity contribution in [3.63, 3.8) is 0 Å². The van der Waals surface area contributed by atoms with Crippen LogP contribution in [-0.2, 0) is 0 Å². The van der Waals surface area contributed by atoms with Gasteiger partial charge in [0.15, 0.2) is 10.9 Å². The largest absolute Gasteiger partial charge is 0.497 e. The SMILES string of the molecule is COc1cccc(-n2ccnc2SCC(=O)c2ccccc2F)c1. The summed E-state index contributed by atoms with van der Waals surface area (Å²) in [5.41, 5.74) is 0.983. The van der Waals surface area contributed by atoms with Crippen LogP contribution in [0.15, 0.2) is 66.1 Å². The van der Waals surface area contributed by atoms with Gasteiger partial charge in [0.25, 0.3) is 0 Å². The molecule has 0 aliphatic heterocycles. The number of benzene rings is 2. The molecule has 3 rings (SSSR count). The fourth-order valence-electron chi connectivity index (χ4n) is 2.25. The van der Waals surface area contributed by atoms with Crippen LogP contribution in [0.5, 0.6) is 5.75 Å². The minimum atomic E-state index is -0.501. The monoisotopic (exact) mass is 342 g/mol. The van der Waals surface area contributed by atoms with Crippen LogP contribution in [0.4, 0.5) is 4.39 Å². The van der Waals surface area contributed by atoms with E-state index in [1.165, 1.54) is 23.9 Å². The molecule has 0 aliphatic carbocycles. The van der Waals surface area contributed by atoms with Crippen LogP contribution in [0.3, 0.4) is 0 Å². The highest BCUT2D eigenvalue weighted by Crippen LogP contribution is 2.24. The third-order valence-corrected chi connectivity index (χ3v) is 4.41. The number of rotatable bonds is 6. The molecule has 0 aliphatic rings. The van der Waals surface area contributed by atoms with Gasteiger partial charge in [-0.25, -0.2) is 9.37 Å². The molecule has 4 nitrogen and oxygen atoms in total. The number of halogens is 1. The van der Waals surface area contributed by atoms with Crippen LogP contribution < -0.4 is 4.74 Å². The van der Waals surface area contributed by atoms with Gasteiger partial charge < -0.3 is 4.74 Å². The Kier molecular flexibility index (Phi) is 4.96. The zero-order valence-corrected chi connectivity index (χ0v) is 13.8. The van der Waals surface area contributed by atoms with Gasteiger partial charge in [-0.05, 0) is 24.3 Å². The molecule has 1 aromatic heterocycles. The summed E-state index contributed by atoms with van der Waals surface area (Å²) in [6.45, 7) is 0. The number of aromatic nitrogens is 2. The lowest BCUT2D eigenvalue weighted by Gasteiger charge is -2.09. The Morgan fingerprint density at radius 1 is 1.25 bits per heavy atom. The third kappa shape index (κ3) is 3.49. The van der Waals surface area contributed by atoms with Crippen molar-refractivity contribution in [1.29, 1.82) is 0 Å². The molecular formula is C18H15FN2O2S. The van der Waals surface area contributed by atoms with E-state index in [4.69, 9.17) is 4.74 Å². The number of ketones is 1. The van der Waals surface area contributed by atoms with Gasteiger partial charge in [-0.3, -0.25) is 9.36 Å². The Balaban J connectivity index is 1.76. The maximum atomic E-state index is 13.7. The molecule has 122 valence electrons. The summed E-state index contributed by atoms with van der Waals surface area (Å²) in [6, 6.07) is 13.5. The van der Waals surface area contributed by atoms with E-state index in [0.717, 1.165) is 11.4 Å². The minimum Gasteiger partial charge on any atom is -0.497 e. The number of carbonyl (C=O) groups excluding carboxylic acids is 1. The van der Waals surface area contributed by atoms with Crippen LogP contribution in [0.2, 0.25) is 0 Å². The molecule has 2 aromatic carbocycles. The summed E-state index contributed by atoms with van der Waals surface area (Å²) < 4.78 is 20.8. The summed E-state index contributed by atoms with van der Waals surface area (Å²) in [6.07, 6.45) is 3.47. The summed E-state index contributed by atoms with van der Waals surface area (Å²) in [4.78, 5) is 16.5. The van der Waals surface area contributed by atoms with E-state index in [-0.39, 0.29) is 17.1 Å². The normalized spacial score (nSPS) is 10.6. The number of imidazole rings is 1. The first kappa shape index (κ1) is 16.3. The van der Waals surface area contributed by atoms with Crippen molar-refractivity contribution in [2.45, 2.75) is 5.16 Å². The fraction of sp³-hybridized carbons (Fsp3) is 0.111. The molecule has 0 unspecified atom stereocenters. The molecule has 6 heteroatoms. The predicted octanol–water partition coefficient (Wildman–Crippen LogP) is 4.00. The van der Waals surface area contributed by atoms with Gasteiger partial charge >= 0.3 is 0 Å². The quantitative estimate of drug-likeness (QED) is 0.502. The summed E-state index contributed by atoms with van der Waals surface area (Å²) in [5.74, 6) is 0.0826. The molecule has 0 atom stereocenters. The molecular weight excluding hydrogens is 327 g/mol. The van der Waals surface area contributed by atoms with Crippen LogP contribution >= 0.6 is 11.8 Å². The molecule has 1 heterocycles. The van der Waals surface area contributed by atoms with E-state index in [1.54, 1.807) is 25.4 Å². The van der Waals surface area contributed by atoms with E-state index >= 15 is 0 Å². The molecule has 24 heavy (non-hydrogen) atoms. The second-order valence-corrected chi connectivity index (χ2v) is 5.92. The molecule has 0 spiro atoms. The number of carbonyl (C=O) groups is 1. The Bertz CT molecular complexity index is 863. The highest BCUT2D eigenvalue weighted by molar-refractivity contribution is 7.99. The van der Waals surface area contributed by atoms with E-state index < -0.39 is 5.82 Å². The molecule has 0 saturated heterocycles. The number of methoxy groups -OCH3 is 1. The number of ether oxygens (including phenoxy) is 1. The van der Waals surface area contributed by atoms with Crippen LogP contribution in [0, 0.1) is 5.82 Å². The zero-order valence-electron chi connectivity index (χ0n) is 13.0. The molecule has 0 amide bonds. The summed E-state index contributed by atoms with van der Waals surface area (Å²) in [5, 5.41) is 0.660. The lowest BCUT2D eigenvalue weighted by atomic mass is 10.1. The number of hydrogen-bond donors (Lipinski definition) is 0. The summed E-state index contributed by atoms with van der Waals surface area (Å²) >= 11 is 1.27. The van der Waals surface area contributed by atoms with Crippen LogP contribution in [0.25, 0.3) is 5.69 Å². The molecule has 0 bridgehead atoms. The fourth-order valence-corrected chi connectivity index (χ4v) is 3.11. The second kappa shape index (κ2) is 7.31. The molecule has 0 radical (unpaired) electrons. The second-order valence-electron chi connectivity index (χ2n) is 4.97. The smallest absolute Gasteiger partial charge is 0.176 e. The number of Topliss-reactive ketones (excluding diaryl/α,β-unsaturated/α-hetero) is 1. The Morgan fingerprint density at radius 2 is 2.08 bits per heavy atom. The minimum absolute atomic E-state index is 0.101. The maximum absolute atomic E-state index is 13.7.